The summed E-state index contributed by atoms with van der Waals surface area (Å²) >= 11 is 0. The Kier molecular flexibility index (Phi) is 14.1. The Hall–Kier alpha value is -5.32. The first-order chi connectivity index (χ1) is 31.4. The molecule has 2 aliphatic carbocycles. The first-order valence-corrected chi connectivity index (χ1v) is 24.6. The molecule has 3 aromatic rings. The lowest BCUT2D eigenvalue weighted by atomic mass is 9.82. The average Bonchev–Trinajstić information content (AvgIpc) is 4.14. The molecule has 362 valence electrons. The summed E-state index contributed by atoms with van der Waals surface area (Å²) in [5, 5.41) is 0. The number of esters is 1. The van der Waals surface area contributed by atoms with Gasteiger partial charge in [-0.1, -0.05) is 26.0 Å². The lowest BCUT2D eigenvalue weighted by Crippen LogP contribution is -2.48. The third kappa shape index (κ3) is 11.2. The first-order valence-electron chi connectivity index (χ1n) is 23.1. The van der Waals surface area contributed by atoms with Gasteiger partial charge in [0.25, 0.3) is 0 Å². The van der Waals surface area contributed by atoms with Crippen molar-refractivity contribution in [3.63, 3.8) is 0 Å². The van der Waals surface area contributed by atoms with Gasteiger partial charge in [0.1, 0.15) is 17.6 Å². The maximum atomic E-state index is 15.1. The smallest absolute Gasteiger partial charge is 0.427 e. The highest BCUT2D eigenvalue weighted by molar-refractivity contribution is 7.91. The molecule has 13 nitrogen and oxygen atoms in total. The van der Waals surface area contributed by atoms with Crippen molar-refractivity contribution in [1.29, 1.82) is 0 Å². The van der Waals surface area contributed by atoms with Gasteiger partial charge in [0.15, 0.2) is 5.78 Å². The molecule has 0 unspecified atom stereocenters. The predicted molar refractivity (Wildman–Crippen MR) is 244 cm³/mol. The summed E-state index contributed by atoms with van der Waals surface area (Å²) in [5.74, 6) is -4.26. The number of carbonyl (C=O) groups is 4. The first kappa shape index (κ1) is 49.6. The number of alkyl halides is 3. The molecule has 1 N–H and O–H groups in total. The number of fused-ring (bicyclic) bond motifs is 2. The van der Waals surface area contributed by atoms with Gasteiger partial charge in [-0.05, 0) is 127 Å². The van der Waals surface area contributed by atoms with Crippen molar-refractivity contribution in [2.24, 2.45) is 29.1 Å². The highest BCUT2D eigenvalue weighted by Crippen LogP contribution is 2.58. The van der Waals surface area contributed by atoms with Crippen LogP contribution in [0, 0.1) is 29.1 Å². The second kappa shape index (κ2) is 19.0. The normalized spacial score (nSPS) is 27.2. The van der Waals surface area contributed by atoms with Crippen molar-refractivity contribution >= 4 is 33.6 Å². The van der Waals surface area contributed by atoms with Crippen molar-refractivity contribution in [3.8, 4) is 34.0 Å². The number of aromatic nitrogens is 2. The SMILES string of the molecule is CC(C)Oc1ccc(-c2cc(O[C@@H]3C[C@H]4C(=O)C[C@]5(C(=O)NS(=O)(=O)C6(C)CC6)C[C@H]5/C=C\CC[C@H](C)C[C@@H](C)[C@H](CC(=O)OC(C)(C)C(F)(F)F)C(=O)N4C3)cc(-c3cccnc3)n2)cc1. The molecule has 7 atom stereocenters. The third-order valence-electron chi connectivity index (χ3n) is 13.8. The van der Waals surface area contributed by atoms with Crippen LogP contribution in [0.3, 0.4) is 0 Å². The molecule has 2 aromatic heterocycles. The van der Waals surface area contributed by atoms with Gasteiger partial charge < -0.3 is 19.1 Å². The number of pyridine rings is 2. The predicted octanol–water partition coefficient (Wildman–Crippen LogP) is 8.81. The highest BCUT2D eigenvalue weighted by atomic mass is 32.2. The standard InChI is InChI=1S/C50H61F3N4O9S/c1-30(2)64-36-16-14-33(15-17-36)40-22-37(23-41(55-40)34-12-10-20-54-28-34)65-38-24-42-43(58)27-49(46(61)56-67(62,63)48(7)18-19-48)26-35(49)13-9-8-11-31(3)21-32(4)39(45(60)57(42)29-38)25-44(59)66-47(5,6)50(51,52)53/h9-10,12-17,20,22-23,28,30-32,35,38-39,42H,8,11,18-19,21,24-27,29H2,1-7H3,(H,56,61)/b13-9-/t31-,32+,35+,38+,39-,42-,49+/m0/s1. The third-order valence-corrected chi connectivity index (χ3v) is 16.0. The Morgan fingerprint density at radius 3 is 2.30 bits per heavy atom. The topological polar surface area (TPSA) is 171 Å². The Labute approximate surface area is 390 Å². The van der Waals surface area contributed by atoms with E-state index >= 15 is 4.79 Å². The van der Waals surface area contributed by atoms with E-state index in [1.807, 2.05) is 63.3 Å². The summed E-state index contributed by atoms with van der Waals surface area (Å²) in [7, 11) is -4.06. The van der Waals surface area contributed by atoms with Gasteiger partial charge in [-0.15, -0.1) is 0 Å². The van der Waals surface area contributed by atoms with Crippen LogP contribution in [-0.2, 0) is 33.9 Å². The Bertz CT molecular complexity index is 2480. The van der Waals surface area contributed by atoms with E-state index in [0.717, 1.165) is 19.4 Å². The molecule has 0 radical (unpaired) electrons. The maximum absolute atomic E-state index is 15.1. The molecule has 1 saturated heterocycles. The number of carbonyl (C=O) groups excluding carboxylic acids is 4. The van der Waals surface area contributed by atoms with E-state index < -0.39 is 91.8 Å². The number of hydrogen-bond acceptors (Lipinski definition) is 11. The van der Waals surface area contributed by atoms with Crippen LogP contribution in [-0.4, -0.2) is 88.2 Å². The number of nitrogens with one attached hydrogen (secondary N) is 1. The largest absolute Gasteiger partial charge is 0.491 e. The summed E-state index contributed by atoms with van der Waals surface area (Å²) in [5.41, 5.74) is -1.72. The zero-order valence-electron chi connectivity index (χ0n) is 39.1. The van der Waals surface area contributed by atoms with Crippen LogP contribution < -0.4 is 14.2 Å². The van der Waals surface area contributed by atoms with E-state index in [-0.39, 0.29) is 37.8 Å². The fourth-order valence-corrected chi connectivity index (χ4v) is 10.5. The number of sulfonamides is 1. The summed E-state index contributed by atoms with van der Waals surface area (Å²) in [6.45, 7) is 10.5. The minimum atomic E-state index is -4.88. The van der Waals surface area contributed by atoms with Crippen molar-refractivity contribution in [2.45, 2.75) is 141 Å². The van der Waals surface area contributed by atoms with Crippen LogP contribution in [0.4, 0.5) is 13.2 Å². The van der Waals surface area contributed by atoms with Crippen LogP contribution in [0.2, 0.25) is 0 Å². The molecule has 0 bridgehead atoms. The van der Waals surface area contributed by atoms with Gasteiger partial charge in [0.05, 0.1) is 52.6 Å². The van der Waals surface area contributed by atoms with Crippen LogP contribution in [0.1, 0.15) is 106 Å². The summed E-state index contributed by atoms with van der Waals surface area (Å²) in [6.07, 6.45) is 2.90. The zero-order chi connectivity index (χ0) is 48.7. The Balaban J connectivity index is 1.25. The molecule has 4 heterocycles. The van der Waals surface area contributed by atoms with Crippen molar-refractivity contribution in [3.05, 3.63) is 73.1 Å². The summed E-state index contributed by atoms with van der Waals surface area (Å²) in [4.78, 5) is 68.1. The van der Waals surface area contributed by atoms with E-state index in [9.17, 15) is 36.0 Å². The monoisotopic (exact) mass is 950 g/mol. The molecule has 7 rings (SSSR count). The maximum Gasteiger partial charge on any atom is 0.427 e. The molecule has 17 heteroatoms. The molecule has 2 aliphatic heterocycles. The van der Waals surface area contributed by atoms with E-state index in [0.29, 0.717) is 60.6 Å². The molecule has 1 aromatic carbocycles. The molecule has 2 amide bonds. The van der Waals surface area contributed by atoms with E-state index in [1.165, 1.54) is 4.90 Å². The number of halogens is 3. The van der Waals surface area contributed by atoms with Crippen LogP contribution in [0.25, 0.3) is 22.5 Å². The summed E-state index contributed by atoms with van der Waals surface area (Å²) < 4.78 is 87.2. The fourth-order valence-electron chi connectivity index (χ4n) is 9.20. The molecule has 0 spiro atoms. The van der Waals surface area contributed by atoms with Gasteiger partial charge in [-0.2, -0.15) is 13.2 Å². The number of allylic oxidation sites excluding steroid dienone is 2. The van der Waals surface area contributed by atoms with Gasteiger partial charge in [-0.25, -0.2) is 13.4 Å². The van der Waals surface area contributed by atoms with Gasteiger partial charge in [-0.3, -0.25) is 28.9 Å². The minimum absolute atomic E-state index is 0.000298. The second-order valence-corrected chi connectivity index (χ2v) is 22.3. The van der Waals surface area contributed by atoms with Crippen molar-refractivity contribution in [1.82, 2.24) is 19.6 Å². The Morgan fingerprint density at radius 2 is 1.67 bits per heavy atom. The number of Topliss-reactive ketones (excluding diaryl/α,β-unsaturated/α-hetero) is 1. The minimum Gasteiger partial charge on any atom is -0.491 e. The lowest BCUT2D eigenvalue weighted by Gasteiger charge is -2.33. The average molecular weight is 951 g/mol. The lowest BCUT2D eigenvalue weighted by molar-refractivity contribution is -0.257. The Morgan fingerprint density at radius 1 is 0.985 bits per heavy atom. The number of ketones is 1. The number of amides is 2. The van der Waals surface area contributed by atoms with Gasteiger partial charge in [0, 0.05) is 48.5 Å². The van der Waals surface area contributed by atoms with Crippen LogP contribution >= 0.6 is 0 Å². The summed E-state index contributed by atoms with van der Waals surface area (Å²) in [6, 6.07) is 13.3. The molecule has 3 fully saturated rings. The quantitative estimate of drug-likeness (QED) is 0.136. The molecule has 4 aliphatic rings. The van der Waals surface area contributed by atoms with Gasteiger partial charge in [0.2, 0.25) is 27.4 Å². The molecular formula is C50H61F3N4O9S. The molecule has 2 saturated carbocycles. The number of rotatable bonds is 12. The zero-order valence-corrected chi connectivity index (χ0v) is 39.9. The van der Waals surface area contributed by atoms with Crippen molar-refractivity contribution < 1.29 is 55.0 Å². The molecular weight excluding hydrogens is 890 g/mol. The highest BCUT2D eigenvalue weighted by Gasteiger charge is 2.63. The van der Waals surface area contributed by atoms with E-state index in [2.05, 4.69) is 9.71 Å². The fraction of sp³-hybridized carbons (Fsp3) is 0.560. The van der Waals surface area contributed by atoms with Crippen LogP contribution in [0.5, 0.6) is 11.5 Å². The second-order valence-electron chi connectivity index (χ2n) is 20.1. The van der Waals surface area contributed by atoms with Crippen molar-refractivity contribution in [2.75, 3.05) is 6.54 Å². The van der Waals surface area contributed by atoms with E-state index in [4.69, 9.17) is 19.2 Å². The number of benzene rings is 1. The van der Waals surface area contributed by atoms with Gasteiger partial charge >= 0.3 is 12.1 Å². The molecule has 67 heavy (non-hydrogen) atoms. The number of ether oxygens (including phenoxy) is 3. The number of nitrogens with zero attached hydrogens (tertiary/aromatic N) is 3. The number of hydrogen-bond donors (Lipinski definition) is 1. The van der Waals surface area contributed by atoms with Crippen LogP contribution in [0.15, 0.2) is 73.1 Å². The van der Waals surface area contributed by atoms with E-state index in [1.54, 1.807) is 44.4 Å².